The molecule has 0 aliphatic rings. The quantitative estimate of drug-likeness (QED) is 0.377. The van der Waals surface area contributed by atoms with E-state index in [0.29, 0.717) is 19.3 Å². The van der Waals surface area contributed by atoms with Crippen LogP contribution in [0.4, 0.5) is 0 Å². The van der Waals surface area contributed by atoms with Gasteiger partial charge in [0, 0.05) is 32.3 Å². The molecule has 0 bridgehead atoms. The molecule has 0 aliphatic heterocycles. The number of aliphatic hydroxyl groups excluding tert-OH is 3. The Bertz CT molecular complexity index is 338. The molecule has 0 aromatic rings. The molecule has 18 heavy (non-hydrogen) atoms. The fraction of sp³-hybridized carbons (Fsp3) is 0.600. The summed E-state index contributed by atoms with van der Waals surface area (Å²) in [6.07, 6.45) is 5.49. The zero-order valence-electron chi connectivity index (χ0n) is 10.9. The highest BCUT2D eigenvalue weighted by Crippen LogP contribution is 1.94. The van der Waals surface area contributed by atoms with E-state index in [4.69, 9.17) is 5.11 Å². The van der Waals surface area contributed by atoms with Gasteiger partial charge in [-0.05, 0) is 6.42 Å². The van der Waals surface area contributed by atoms with Crippen LogP contribution in [0.15, 0.2) is 12.2 Å². The summed E-state index contributed by atoms with van der Waals surface area (Å²) in [6.45, 7) is 1.98. The third-order valence-corrected chi connectivity index (χ3v) is 2.08. The molecule has 0 saturated carbocycles. The Kier molecular flexibility index (Phi) is 11.3. The molecule has 0 saturated heterocycles. The lowest BCUT2D eigenvalue weighted by Gasteiger charge is -1.97. The van der Waals surface area contributed by atoms with E-state index in [-0.39, 0.29) is 13.0 Å². The van der Waals surface area contributed by atoms with E-state index in [9.17, 15) is 10.2 Å². The largest absolute Gasteiger partial charge is 0.396 e. The summed E-state index contributed by atoms with van der Waals surface area (Å²) in [4.78, 5) is 0. The Hall–Kier alpha value is -1.26. The Labute approximate surface area is 110 Å². The van der Waals surface area contributed by atoms with Crippen LogP contribution < -0.4 is 0 Å². The number of hydrogen-bond acceptors (Lipinski definition) is 3. The highest BCUT2D eigenvalue weighted by Gasteiger charge is 1.95. The van der Waals surface area contributed by atoms with Crippen molar-refractivity contribution in [1.29, 1.82) is 0 Å². The minimum absolute atomic E-state index is 0.0624. The molecular weight excluding hydrogens is 228 g/mol. The van der Waals surface area contributed by atoms with E-state index in [2.05, 4.69) is 23.7 Å². The lowest BCUT2D eigenvalue weighted by molar-refractivity contribution is 0.177. The summed E-state index contributed by atoms with van der Waals surface area (Å²) >= 11 is 0. The molecule has 0 fully saturated rings. The van der Waals surface area contributed by atoms with Crippen LogP contribution in [0.1, 0.15) is 39.0 Å². The molecule has 0 aliphatic carbocycles. The van der Waals surface area contributed by atoms with E-state index >= 15 is 0 Å². The molecule has 3 nitrogen and oxygen atoms in total. The van der Waals surface area contributed by atoms with Gasteiger partial charge in [0.05, 0.1) is 0 Å². The normalized spacial score (nSPS) is 13.3. The molecule has 3 N–H and O–H groups in total. The van der Waals surface area contributed by atoms with Crippen LogP contribution in [0.2, 0.25) is 0 Å². The van der Waals surface area contributed by atoms with E-state index in [1.165, 1.54) is 0 Å². The number of rotatable bonds is 6. The van der Waals surface area contributed by atoms with Gasteiger partial charge in [-0.25, -0.2) is 0 Å². The number of hydrogen-bond donors (Lipinski definition) is 3. The number of allylic oxidation sites excluding steroid dienone is 1. The van der Waals surface area contributed by atoms with Crippen molar-refractivity contribution in [2.24, 2.45) is 0 Å². The average Bonchev–Trinajstić information content (AvgIpc) is 2.34. The van der Waals surface area contributed by atoms with Crippen molar-refractivity contribution in [2.45, 2.75) is 51.2 Å². The first-order valence-electron chi connectivity index (χ1n) is 6.29. The Morgan fingerprint density at radius 2 is 1.61 bits per heavy atom. The van der Waals surface area contributed by atoms with E-state index < -0.39 is 12.2 Å². The predicted molar refractivity (Wildman–Crippen MR) is 72.6 cm³/mol. The second-order valence-corrected chi connectivity index (χ2v) is 3.80. The van der Waals surface area contributed by atoms with Crippen LogP contribution in [-0.4, -0.2) is 34.1 Å². The van der Waals surface area contributed by atoms with Gasteiger partial charge in [0.25, 0.3) is 0 Å². The standard InChI is InChI=1S/C15H22O3/c1-2-3-6-9-14(17)10-7-4-5-8-11-15(18)12-13-16/h3,6,14-18H,2,4-5,9,12-13H2,1H3/b6-3-/t14-,15+/m0/s1. The van der Waals surface area contributed by atoms with Gasteiger partial charge in [0.15, 0.2) is 0 Å². The third kappa shape index (κ3) is 11.2. The fourth-order valence-corrected chi connectivity index (χ4v) is 1.15. The minimum atomic E-state index is -0.757. The molecule has 0 aromatic heterocycles. The van der Waals surface area contributed by atoms with Gasteiger partial charge in [-0.3, -0.25) is 0 Å². The molecule has 3 heteroatoms. The maximum Gasteiger partial charge on any atom is 0.118 e. The molecule has 100 valence electrons. The zero-order chi connectivity index (χ0) is 13.6. The Morgan fingerprint density at radius 3 is 2.17 bits per heavy atom. The average molecular weight is 250 g/mol. The molecule has 0 heterocycles. The van der Waals surface area contributed by atoms with E-state index in [0.717, 1.165) is 6.42 Å². The second kappa shape index (κ2) is 12.2. The Morgan fingerprint density at radius 1 is 1.00 bits per heavy atom. The summed E-state index contributed by atoms with van der Waals surface area (Å²) < 4.78 is 0. The third-order valence-electron chi connectivity index (χ3n) is 2.08. The van der Waals surface area contributed by atoms with Crippen molar-refractivity contribution in [3.8, 4) is 23.7 Å². The summed E-state index contributed by atoms with van der Waals surface area (Å²) in [7, 11) is 0. The molecule has 0 unspecified atom stereocenters. The van der Waals surface area contributed by atoms with Gasteiger partial charge >= 0.3 is 0 Å². The van der Waals surface area contributed by atoms with Crippen molar-refractivity contribution in [2.75, 3.05) is 6.61 Å². The summed E-state index contributed by atoms with van der Waals surface area (Å²) in [6, 6.07) is 0. The highest BCUT2D eigenvalue weighted by molar-refractivity contribution is 5.10. The zero-order valence-corrected chi connectivity index (χ0v) is 10.9. The molecule has 0 spiro atoms. The van der Waals surface area contributed by atoms with Crippen molar-refractivity contribution >= 4 is 0 Å². The molecule has 0 amide bonds. The van der Waals surface area contributed by atoms with Gasteiger partial charge in [-0.15, -0.1) is 0 Å². The first-order valence-corrected chi connectivity index (χ1v) is 6.29. The van der Waals surface area contributed by atoms with Crippen LogP contribution >= 0.6 is 0 Å². The maximum absolute atomic E-state index is 9.46. The smallest absolute Gasteiger partial charge is 0.118 e. The van der Waals surface area contributed by atoms with Gasteiger partial charge in [-0.2, -0.15) is 0 Å². The number of aliphatic hydroxyl groups is 3. The topological polar surface area (TPSA) is 60.7 Å². The summed E-state index contributed by atoms with van der Waals surface area (Å²) in [5.74, 6) is 11.0. The monoisotopic (exact) mass is 250 g/mol. The van der Waals surface area contributed by atoms with E-state index in [1.54, 1.807) is 0 Å². The minimum Gasteiger partial charge on any atom is -0.396 e. The fourth-order valence-electron chi connectivity index (χ4n) is 1.15. The van der Waals surface area contributed by atoms with Gasteiger partial charge < -0.3 is 15.3 Å². The van der Waals surface area contributed by atoms with Crippen LogP contribution in [0.25, 0.3) is 0 Å². The summed E-state index contributed by atoms with van der Waals surface area (Å²) in [5.41, 5.74) is 0. The van der Waals surface area contributed by atoms with Gasteiger partial charge in [-0.1, -0.05) is 42.8 Å². The van der Waals surface area contributed by atoms with Crippen LogP contribution in [-0.2, 0) is 0 Å². The first-order chi connectivity index (χ1) is 8.70. The van der Waals surface area contributed by atoms with E-state index in [1.807, 2.05) is 19.1 Å². The van der Waals surface area contributed by atoms with Crippen molar-refractivity contribution in [3.63, 3.8) is 0 Å². The first kappa shape index (κ1) is 16.7. The molecule has 0 rings (SSSR count). The van der Waals surface area contributed by atoms with Gasteiger partial charge in [0.2, 0.25) is 0 Å². The van der Waals surface area contributed by atoms with Crippen molar-refractivity contribution < 1.29 is 15.3 Å². The maximum atomic E-state index is 9.46. The van der Waals surface area contributed by atoms with Crippen molar-refractivity contribution in [1.82, 2.24) is 0 Å². The Balaban J connectivity index is 3.74. The predicted octanol–water partition coefficient (Wildman–Crippen LogP) is 1.23. The van der Waals surface area contributed by atoms with Crippen LogP contribution in [0.5, 0.6) is 0 Å². The highest BCUT2D eigenvalue weighted by atomic mass is 16.3. The van der Waals surface area contributed by atoms with Crippen molar-refractivity contribution in [3.05, 3.63) is 12.2 Å². The molecule has 0 aromatic carbocycles. The number of unbranched alkanes of at least 4 members (excludes halogenated alkanes) is 1. The second-order valence-electron chi connectivity index (χ2n) is 3.80. The molecule has 2 atom stereocenters. The molecule has 0 radical (unpaired) electrons. The lowest BCUT2D eigenvalue weighted by Crippen LogP contribution is -2.04. The molecular formula is C15H22O3. The lowest BCUT2D eigenvalue weighted by atomic mass is 10.2. The summed E-state index contributed by atoms with van der Waals surface area (Å²) in [5, 5.41) is 27.2. The van der Waals surface area contributed by atoms with Gasteiger partial charge in [0.1, 0.15) is 12.2 Å². The van der Waals surface area contributed by atoms with Crippen LogP contribution in [0, 0.1) is 23.7 Å². The van der Waals surface area contributed by atoms with Crippen LogP contribution in [0.3, 0.4) is 0 Å². The SMILES string of the molecule is CC/C=C\C[C@H](O)C#CCCC#C[C@@H](O)CCO.